The number of nitrogens with zero attached hydrogens (tertiary/aromatic N) is 12. The summed E-state index contributed by atoms with van der Waals surface area (Å²) in [6, 6.07) is 36.2. The fourth-order valence-electron chi connectivity index (χ4n) is 7.46. The Labute approximate surface area is 639 Å². The first-order valence-electron chi connectivity index (χ1n) is 28.7. The first kappa shape index (κ1) is 87.5. The highest BCUT2D eigenvalue weighted by Crippen LogP contribution is 2.30. The average molecular weight is 1670 g/mol. The molecule has 0 amide bonds. The van der Waals surface area contributed by atoms with Crippen molar-refractivity contribution < 1.29 is 50.4 Å². The van der Waals surface area contributed by atoms with Crippen molar-refractivity contribution >= 4 is 210 Å². The van der Waals surface area contributed by atoms with Crippen molar-refractivity contribution in [2.24, 2.45) is 0 Å². The van der Waals surface area contributed by atoms with Crippen LogP contribution in [0.5, 0.6) is 0 Å². The van der Waals surface area contributed by atoms with Crippen LogP contribution in [0.2, 0.25) is 47.6 Å². The highest BCUT2D eigenvalue weighted by molar-refractivity contribution is 7.87. The van der Waals surface area contributed by atoms with Gasteiger partial charge in [-0.2, -0.15) is 83.5 Å². The zero-order chi connectivity index (χ0) is 76.8. The Morgan fingerprint density at radius 1 is 0.330 bits per heavy atom. The van der Waals surface area contributed by atoms with E-state index >= 15 is 0 Å². The van der Waals surface area contributed by atoms with Gasteiger partial charge in [-0.15, -0.1) is 0 Å². The third-order valence-electron chi connectivity index (χ3n) is 11.8. The van der Waals surface area contributed by atoms with E-state index in [1.54, 1.807) is 6.07 Å². The van der Waals surface area contributed by atoms with Crippen LogP contribution in [0.25, 0.3) is 24.3 Å². The molecule has 29 nitrogen and oxygen atoms in total. The van der Waals surface area contributed by atoms with Crippen molar-refractivity contribution in [3.63, 3.8) is 0 Å². The van der Waals surface area contributed by atoms with E-state index in [1.165, 1.54) is 91.0 Å². The Kier molecular flexibility index (Phi) is 35.8. The fraction of sp³-hybridized carbons (Fsp3) is 0.148. The van der Waals surface area contributed by atoms with Gasteiger partial charge in [-0.3, -0.25) is 16.7 Å². The van der Waals surface area contributed by atoms with E-state index in [0.717, 1.165) is 39.8 Å². The molecule has 0 unspecified atom stereocenters. The second-order valence-corrected chi connectivity index (χ2v) is 28.2. The first-order chi connectivity index (χ1) is 48.7. The number of benzene rings is 6. The molecule has 0 fully saturated rings. The van der Waals surface area contributed by atoms with Gasteiger partial charge in [0.25, 0.3) is 40.5 Å². The van der Waals surface area contributed by atoms with E-state index < -0.39 is 40.5 Å². The van der Waals surface area contributed by atoms with Gasteiger partial charge in [-0.05, 0) is 199 Å². The smallest absolute Gasteiger partial charge is 0.297 e. The van der Waals surface area contributed by atoms with Crippen LogP contribution in [-0.4, -0.2) is 122 Å². The molecule has 8 N–H and O–H groups in total. The van der Waals surface area contributed by atoms with Crippen molar-refractivity contribution in [1.82, 2.24) is 59.8 Å². The minimum Gasteiger partial charge on any atom is -0.399 e. The molecule has 4 heterocycles. The van der Waals surface area contributed by atoms with E-state index in [2.05, 4.69) is 78.8 Å². The van der Waals surface area contributed by atoms with E-state index in [9.17, 15) is 33.7 Å². The molecule has 0 aliphatic carbocycles. The van der Waals surface area contributed by atoms with Crippen LogP contribution >= 0.6 is 104 Å². The molecular weight excluding hydrogens is 1610 g/mol. The maximum absolute atomic E-state index is 12.8. The van der Waals surface area contributed by atoms with E-state index in [1.807, 2.05) is 88.4 Å². The minimum absolute atomic E-state index is 0.000000000000000444. The molecule has 0 radical (unpaired) electrons. The Bertz CT molecular complexity index is 4710. The van der Waals surface area contributed by atoms with Gasteiger partial charge in [0.05, 0.1) is 28.4 Å². The molecule has 0 aliphatic heterocycles. The number of aromatic nitrogens is 12. The van der Waals surface area contributed by atoms with Crippen molar-refractivity contribution in [1.29, 1.82) is 0 Å². The molecule has 0 aliphatic rings. The fourth-order valence-corrected chi connectivity index (χ4v) is 12.7. The Morgan fingerprint density at radius 3 is 0.942 bits per heavy atom. The van der Waals surface area contributed by atoms with Crippen LogP contribution < -0.4 is 27.8 Å². The number of hydrogen-bond acceptors (Lipinski definition) is 29. The van der Waals surface area contributed by atoms with Crippen LogP contribution in [0.3, 0.4) is 0 Å². The lowest BCUT2D eigenvalue weighted by Crippen LogP contribution is -2.07. The third-order valence-corrected chi connectivity index (χ3v) is 18.6. The summed E-state index contributed by atoms with van der Waals surface area (Å²) in [5.74, 6) is 0.514. The van der Waals surface area contributed by atoms with Gasteiger partial charge in [0, 0.05) is 34.9 Å². The number of nitrogens with two attached hydrogens (primary N) is 3. The van der Waals surface area contributed by atoms with Gasteiger partial charge < -0.3 is 27.8 Å². The van der Waals surface area contributed by atoms with Gasteiger partial charge in [-0.1, -0.05) is 119 Å². The summed E-state index contributed by atoms with van der Waals surface area (Å²) < 4.78 is 118. The Morgan fingerprint density at radius 2 is 0.612 bits per heavy atom. The molecule has 0 atom stereocenters. The number of nitrogen functional groups attached to an aromatic ring is 3. The molecule has 0 saturated carbocycles. The largest absolute Gasteiger partial charge is 0.399 e. The van der Waals surface area contributed by atoms with E-state index in [-0.39, 0.29) is 125 Å². The number of halogens is 9. The molecular formula is C61H60Cl9N17O12S4. The highest BCUT2D eigenvalue weighted by atomic mass is 35.5. The number of anilines is 7. The molecule has 0 spiro atoms. The van der Waals surface area contributed by atoms with Gasteiger partial charge in [-0.25, -0.2) is 9.97 Å². The van der Waals surface area contributed by atoms with Crippen molar-refractivity contribution in [2.75, 3.05) is 56.3 Å². The molecule has 10 rings (SSSR count). The normalized spacial score (nSPS) is 11.1. The SMILES string of the molecule is CC.CC.COS(=O)(=O)c1cc(Cc2nc(Cl)nc(Cl)n2)ccc1/C=C/c1ccc(Nc2nc(Cl)nc(Cl)n2)cc1S(=O)(=O)OC.COS(=O)(=O)c1cc(N)ccc1/C=C/c1ccc(N)cc1S(=O)(=O)OC.Clc1nc(Cl)nc(Cl)n1.Clc1nc(Cl)nc(Nc2ccccc2)n1.Nc1ccccc1. The van der Waals surface area contributed by atoms with Gasteiger partial charge in [0.2, 0.25) is 59.4 Å². The predicted octanol–water partition coefficient (Wildman–Crippen LogP) is 14.6. The summed E-state index contributed by atoms with van der Waals surface area (Å²) in [5.41, 5.74) is 20.5. The topological polar surface area (TPSA) is 430 Å². The van der Waals surface area contributed by atoms with Crippen LogP contribution in [0.4, 0.5) is 40.3 Å². The highest BCUT2D eigenvalue weighted by Gasteiger charge is 2.23. The molecule has 103 heavy (non-hydrogen) atoms. The molecule has 42 heteroatoms. The molecule has 10 aromatic rings. The van der Waals surface area contributed by atoms with Gasteiger partial charge in [0.1, 0.15) is 25.4 Å². The van der Waals surface area contributed by atoms with E-state index in [0.29, 0.717) is 11.5 Å². The first-order valence-corrected chi connectivity index (χ1v) is 37.7. The maximum Gasteiger partial charge on any atom is 0.297 e. The van der Waals surface area contributed by atoms with Crippen LogP contribution in [0.15, 0.2) is 153 Å². The maximum atomic E-state index is 12.8. The second-order valence-electron chi connectivity index (χ2n) is 18.4. The van der Waals surface area contributed by atoms with Gasteiger partial charge >= 0.3 is 0 Å². The second kappa shape index (κ2) is 42.1. The summed E-state index contributed by atoms with van der Waals surface area (Å²) in [7, 11) is -12.3. The summed E-state index contributed by atoms with van der Waals surface area (Å²) in [4.78, 5) is 44.1. The van der Waals surface area contributed by atoms with Crippen LogP contribution in [0.1, 0.15) is 61.3 Å². The van der Waals surface area contributed by atoms with Gasteiger partial charge in [0.15, 0.2) is 0 Å². The lowest BCUT2D eigenvalue weighted by Gasteiger charge is -2.11. The van der Waals surface area contributed by atoms with Crippen LogP contribution in [0, 0.1) is 0 Å². The number of hydrogen-bond donors (Lipinski definition) is 5. The molecule has 0 bridgehead atoms. The number of nitrogens with one attached hydrogen (secondary N) is 2. The van der Waals surface area contributed by atoms with Crippen molar-refractivity contribution in [2.45, 2.75) is 53.7 Å². The van der Waals surface area contributed by atoms with Crippen molar-refractivity contribution in [3.05, 3.63) is 215 Å². The summed E-state index contributed by atoms with van der Waals surface area (Å²) >= 11 is 50.5. The Balaban J connectivity index is 0.000000309. The predicted molar refractivity (Wildman–Crippen MR) is 403 cm³/mol. The summed E-state index contributed by atoms with van der Waals surface area (Å²) in [6.07, 6.45) is 5.77. The third kappa shape index (κ3) is 28.9. The van der Waals surface area contributed by atoms with Crippen molar-refractivity contribution in [3.8, 4) is 0 Å². The summed E-state index contributed by atoms with van der Waals surface area (Å²) in [5, 5.41) is 5.31. The Hall–Kier alpha value is -7.91. The lowest BCUT2D eigenvalue weighted by molar-refractivity contribution is 0.396. The average Bonchev–Trinajstić information content (AvgIpc) is 0.809. The summed E-state index contributed by atoms with van der Waals surface area (Å²) in [6.45, 7) is 8.00. The lowest BCUT2D eigenvalue weighted by atomic mass is 10.1. The van der Waals surface area contributed by atoms with E-state index in [4.69, 9.17) is 130 Å². The molecule has 548 valence electrons. The molecule has 4 aromatic heterocycles. The zero-order valence-corrected chi connectivity index (χ0v) is 64.8. The molecule has 6 aromatic carbocycles. The zero-order valence-electron chi connectivity index (χ0n) is 54.8. The standard InChI is InChI=1S/C23H17Cl4N7O6S2.C16H18N2O6S2.C9H6Cl2N4.C6H7N.C3Cl3N3.2C2H6/c1-39-41(35,36)16-9-12(10-18-29-19(24)31-20(25)30-18)3-4-13(16)5-6-14-7-8-15(11-17(14)42(37,38)40-2)28-23-33-21(26)32-22(27)34-23;1-23-25(19,20)15-9-13(17)7-5-11(15)3-4-12-6-8-14(18)10-16(12)26(21,22)24-2;10-7-13-8(11)15-9(14-7)12-6-4-2-1-3-5-6;7-6-4-2-1-3-5-6;4-1-7-2(5)9-3(6)8-1;2*1-2/h3-9,11H,10H2,1-2H3,(H,28,32,33,34);3-10H,17-18H2,1-2H3;1-5H,(H,12,13,14,15);1-5H,7H2;;2*1-2H3/b6-5+;4-3+;;;;;. The minimum atomic E-state index is -4.24. The number of rotatable bonds is 18. The monoisotopic (exact) mass is 1670 g/mol. The number of para-hydroxylation sites is 2. The molecule has 0 saturated heterocycles. The quantitative estimate of drug-likeness (QED) is 0.0302. The van der Waals surface area contributed by atoms with Crippen LogP contribution in [-0.2, 0) is 63.6 Å².